The molecule has 1 aromatic rings. The van der Waals surface area contributed by atoms with E-state index in [0.717, 1.165) is 5.56 Å². The molecular formula is C9H6O2. The second kappa shape index (κ2) is 3.43. The van der Waals surface area contributed by atoms with E-state index in [2.05, 4.69) is 5.92 Å². The Morgan fingerprint density at radius 3 is 2.45 bits per heavy atom. The second-order valence-corrected chi connectivity index (χ2v) is 1.92. The first-order valence-electron chi connectivity index (χ1n) is 3.09. The number of benzene rings is 1. The van der Waals surface area contributed by atoms with Crippen LogP contribution in [0.2, 0.25) is 0 Å². The molecule has 1 N–H and O–H groups in total. The molecule has 0 heterocycles. The van der Waals surface area contributed by atoms with Crippen LogP contribution in [0.4, 0.5) is 0 Å². The van der Waals surface area contributed by atoms with E-state index < -0.39 is 5.97 Å². The average molecular weight is 147 g/mol. The third-order valence-corrected chi connectivity index (χ3v) is 1.09. The molecule has 0 aliphatic carbocycles. The van der Waals surface area contributed by atoms with Crippen LogP contribution in [0.3, 0.4) is 0 Å². The minimum atomic E-state index is -1.10. The minimum Gasteiger partial charge on any atom is -0.472 e. The molecule has 0 unspecified atom stereocenters. The van der Waals surface area contributed by atoms with E-state index in [1.807, 2.05) is 24.1 Å². The third kappa shape index (κ3) is 2.55. The number of carbonyl (C=O) groups is 1. The Hall–Kier alpha value is -1.75. The van der Waals surface area contributed by atoms with Crippen molar-refractivity contribution in [3.05, 3.63) is 35.9 Å². The molecule has 0 amide bonds. The summed E-state index contributed by atoms with van der Waals surface area (Å²) in [5.41, 5.74) is 0.718. The summed E-state index contributed by atoms with van der Waals surface area (Å²) in [6.07, 6.45) is 0. The lowest BCUT2D eigenvalue weighted by atomic mass is 10.2. The van der Waals surface area contributed by atoms with Gasteiger partial charge >= 0.3 is 5.97 Å². The first kappa shape index (κ1) is 7.36. The van der Waals surface area contributed by atoms with Gasteiger partial charge in [0.1, 0.15) is 0 Å². The molecule has 0 atom stereocenters. The Labute approximate surface area is 64.5 Å². The summed E-state index contributed by atoms with van der Waals surface area (Å²) in [5.74, 6) is 3.42. The van der Waals surface area contributed by atoms with Crippen LogP contribution in [0.25, 0.3) is 0 Å². The first-order chi connectivity index (χ1) is 5.29. The predicted molar refractivity (Wildman–Crippen MR) is 41.0 cm³/mol. The summed E-state index contributed by atoms with van der Waals surface area (Å²) in [6, 6.07) is 9.00. The van der Waals surface area contributed by atoms with Gasteiger partial charge in [0, 0.05) is 11.5 Å². The van der Waals surface area contributed by atoms with Crippen LogP contribution in [-0.2, 0) is 4.79 Å². The van der Waals surface area contributed by atoms with Crippen LogP contribution in [0.1, 0.15) is 5.56 Å². The Morgan fingerprint density at radius 1 is 1.27 bits per heavy atom. The van der Waals surface area contributed by atoms with Crippen molar-refractivity contribution in [3.8, 4) is 11.8 Å². The molecule has 11 heavy (non-hydrogen) atoms. The molecule has 1 aromatic carbocycles. The lowest BCUT2D eigenvalue weighted by Crippen LogP contribution is -1.86. The molecule has 1 rings (SSSR count). The van der Waals surface area contributed by atoms with Crippen LogP contribution in [0, 0.1) is 11.8 Å². The fourth-order valence-corrected chi connectivity index (χ4v) is 0.647. The molecule has 2 heteroatoms. The molecule has 0 bridgehead atoms. The number of hydrogen-bond donors (Lipinski definition) is 1. The van der Waals surface area contributed by atoms with Gasteiger partial charge in [0.2, 0.25) is 0 Å². The molecule has 0 aromatic heterocycles. The molecule has 2 nitrogen and oxygen atoms in total. The van der Waals surface area contributed by atoms with Gasteiger partial charge in [-0.3, -0.25) is 0 Å². The van der Waals surface area contributed by atoms with Crippen molar-refractivity contribution < 1.29 is 9.90 Å². The zero-order valence-corrected chi connectivity index (χ0v) is 5.74. The highest BCUT2D eigenvalue weighted by molar-refractivity contribution is 5.87. The zero-order chi connectivity index (χ0) is 8.10. The van der Waals surface area contributed by atoms with Gasteiger partial charge in [-0.25, -0.2) is 4.79 Å². The minimum absolute atomic E-state index is 0.718. The number of rotatable bonds is 0. The third-order valence-electron chi connectivity index (χ3n) is 1.09. The topological polar surface area (TPSA) is 37.3 Å². The Bertz CT molecular complexity index is 303. The Kier molecular flexibility index (Phi) is 2.29. The highest BCUT2D eigenvalue weighted by Crippen LogP contribution is 1.93. The van der Waals surface area contributed by atoms with Gasteiger partial charge in [0.25, 0.3) is 0 Å². The molecule has 0 fully saturated rings. The summed E-state index contributed by atoms with van der Waals surface area (Å²) >= 11 is 0. The van der Waals surface area contributed by atoms with Crippen LogP contribution in [0.15, 0.2) is 30.3 Å². The monoisotopic (exact) mass is 147 g/mol. The number of carboxylic acids is 1. The van der Waals surface area contributed by atoms with E-state index in [4.69, 9.17) is 5.11 Å². The van der Waals surface area contributed by atoms with Gasteiger partial charge < -0.3 is 5.11 Å². The second-order valence-electron chi connectivity index (χ2n) is 1.92. The van der Waals surface area contributed by atoms with Crippen molar-refractivity contribution in [1.82, 2.24) is 0 Å². The normalized spacial score (nSPS) is 8.00. The Morgan fingerprint density at radius 2 is 1.91 bits per heavy atom. The molecule has 0 aliphatic heterocycles. The van der Waals surface area contributed by atoms with Crippen molar-refractivity contribution in [1.29, 1.82) is 0 Å². The van der Waals surface area contributed by atoms with Gasteiger partial charge in [-0.1, -0.05) is 24.1 Å². The fraction of sp³-hybridized carbons (Fsp3) is 0. The van der Waals surface area contributed by atoms with Crippen molar-refractivity contribution in [2.75, 3.05) is 0 Å². The molecule has 0 saturated heterocycles. The highest BCUT2D eigenvalue weighted by atomic mass is 16.5. The van der Waals surface area contributed by atoms with Crippen molar-refractivity contribution in [2.45, 2.75) is 0 Å². The summed E-state index contributed by atoms with van der Waals surface area (Å²) < 4.78 is 0. The van der Waals surface area contributed by atoms with Crippen molar-refractivity contribution in [2.24, 2.45) is 0 Å². The van der Waals surface area contributed by atoms with Gasteiger partial charge in [-0.05, 0) is 12.1 Å². The smallest absolute Gasteiger partial charge is 0.382 e. The number of hydrogen-bond acceptors (Lipinski definition) is 1. The molecule has 0 aliphatic rings. The first-order valence-corrected chi connectivity index (χ1v) is 3.09. The molecule has 0 saturated carbocycles. The maximum absolute atomic E-state index is 10.00. The molecule has 0 radical (unpaired) electrons. The van der Waals surface area contributed by atoms with Crippen LogP contribution in [0.5, 0.6) is 0 Å². The maximum Gasteiger partial charge on any atom is 0.382 e. The van der Waals surface area contributed by atoms with Gasteiger partial charge in [-0.15, -0.1) is 0 Å². The largest absolute Gasteiger partial charge is 0.472 e. The summed E-state index contributed by atoms with van der Waals surface area (Å²) in [6.45, 7) is 0. The van der Waals surface area contributed by atoms with E-state index in [-0.39, 0.29) is 0 Å². The van der Waals surface area contributed by atoms with Gasteiger partial charge in [0.15, 0.2) is 0 Å². The average Bonchev–Trinajstić information content (AvgIpc) is 2.03. The number of aliphatic carboxylic acids is 1. The van der Waals surface area contributed by atoms with Crippen LogP contribution in [-0.4, -0.2) is 11.1 Å². The quantitative estimate of drug-likeness (QED) is 0.441. The Balaban J connectivity index is 2.83. The zero-order valence-electron chi connectivity index (χ0n) is 5.74. The maximum atomic E-state index is 10.00. The molecule has 54 valence electrons. The highest BCUT2D eigenvalue weighted by Gasteiger charge is 1.84. The van der Waals surface area contributed by atoms with Crippen molar-refractivity contribution in [3.63, 3.8) is 0 Å². The number of carboxylic acid groups (broad SMARTS) is 1. The molecular weight excluding hydrogens is 141 g/mol. The lowest BCUT2D eigenvalue weighted by Gasteiger charge is -1.83. The summed E-state index contributed by atoms with van der Waals surface area (Å²) in [5, 5.41) is 8.20. The van der Waals surface area contributed by atoms with E-state index in [1.165, 1.54) is 0 Å². The van der Waals surface area contributed by atoms with Gasteiger partial charge in [0.05, 0.1) is 0 Å². The predicted octanol–water partition coefficient (Wildman–Crippen LogP) is 1.12. The van der Waals surface area contributed by atoms with E-state index in [9.17, 15) is 4.79 Å². The summed E-state index contributed by atoms with van der Waals surface area (Å²) in [7, 11) is 0. The summed E-state index contributed by atoms with van der Waals surface area (Å²) in [4.78, 5) is 10.00. The van der Waals surface area contributed by atoms with E-state index in [0.29, 0.717) is 0 Å². The fourth-order valence-electron chi connectivity index (χ4n) is 0.647. The van der Waals surface area contributed by atoms with Gasteiger partial charge in [-0.2, -0.15) is 0 Å². The van der Waals surface area contributed by atoms with Crippen molar-refractivity contribution >= 4 is 5.97 Å². The standard InChI is InChI=1S/C9H6O2/c10-9(11)7-6-8-4-2-1-3-5-8/h1-5H,(H,10,11)/i9+1. The molecule has 0 spiro atoms. The van der Waals surface area contributed by atoms with Crippen LogP contribution >= 0.6 is 0 Å². The van der Waals surface area contributed by atoms with Crippen LogP contribution < -0.4 is 0 Å². The lowest BCUT2D eigenvalue weighted by molar-refractivity contribution is -0.130. The van der Waals surface area contributed by atoms with E-state index >= 15 is 0 Å². The SMILES string of the molecule is O=[13C](O)C#Cc1ccccc1. The van der Waals surface area contributed by atoms with E-state index in [1.54, 1.807) is 12.1 Å².